The van der Waals surface area contributed by atoms with Crippen LogP contribution in [-0.2, 0) is 13.1 Å². The van der Waals surface area contributed by atoms with Crippen LogP contribution in [0.4, 0.5) is 14.5 Å². The van der Waals surface area contributed by atoms with Crippen LogP contribution in [0.25, 0.3) is 0 Å². The maximum Gasteiger partial charge on any atom is 0.159 e. The highest BCUT2D eigenvalue weighted by atomic mass is 19.2. The highest BCUT2D eigenvalue weighted by Crippen LogP contribution is 2.18. The molecule has 0 bridgehead atoms. The fourth-order valence-electron chi connectivity index (χ4n) is 2.02. The molecule has 0 radical (unpaired) electrons. The molecule has 2 rings (SSSR count). The first kappa shape index (κ1) is 14.5. The van der Waals surface area contributed by atoms with Gasteiger partial charge in [0.25, 0.3) is 0 Å². The Morgan fingerprint density at radius 2 is 1.75 bits per heavy atom. The van der Waals surface area contributed by atoms with Crippen LogP contribution in [0, 0.1) is 11.6 Å². The van der Waals surface area contributed by atoms with E-state index < -0.39 is 11.6 Å². The molecule has 2 aromatic carbocycles. The highest BCUT2D eigenvalue weighted by Gasteiger charge is 2.05. The van der Waals surface area contributed by atoms with Crippen molar-refractivity contribution in [2.45, 2.75) is 13.1 Å². The number of hydrogen-bond donors (Lipinski definition) is 1. The number of hydrogen-bond acceptors (Lipinski definition) is 2. The monoisotopic (exact) mass is 276 g/mol. The lowest BCUT2D eigenvalue weighted by Gasteiger charge is -2.15. The van der Waals surface area contributed by atoms with Gasteiger partial charge in [0, 0.05) is 18.8 Å². The van der Waals surface area contributed by atoms with Crippen molar-refractivity contribution in [3.05, 3.63) is 65.2 Å². The van der Waals surface area contributed by atoms with Gasteiger partial charge in [0.15, 0.2) is 11.6 Å². The van der Waals surface area contributed by atoms with Crippen LogP contribution < -0.4 is 5.32 Å². The molecule has 0 spiro atoms. The van der Waals surface area contributed by atoms with Crippen molar-refractivity contribution in [3.8, 4) is 0 Å². The zero-order valence-corrected chi connectivity index (χ0v) is 11.7. The van der Waals surface area contributed by atoms with Crippen LogP contribution in [0.5, 0.6) is 0 Å². The standard InChI is InChI=1S/C16H18F2N2/c1-20(2)11-13-5-3-4-6-16(13)19-10-12-7-8-14(17)15(18)9-12/h3-9,19H,10-11H2,1-2H3. The van der Waals surface area contributed by atoms with Crippen molar-refractivity contribution in [2.24, 2.45) is 0 Å². The Hall–Kier alpha value is -1.94. The Balaban J connectivity index is 2.08. The number of halogens is 2. The maximum absolute atomic E-state index is 13.1. The molecule has 0 saturated carbocycles. The van der Waals surface area contributed by atoms with Gasteiger partial charge < -0.3 is 10.2 Å². The highest BCUT2D eigenvalue weighted by molar-refractivity contribution is 5.51. The largest absolute Gasteiger partial charge is 0.381 e. The first-order chi connectivity index (χ1) is 9.56. The predicted octanol–water partition coefficient (Wildman–Crippen LogP) is 3.64. The van der Waals surface area contributed by atoms with Crippen LogP contribution in [0.3, 0.4) is 0 Å². The minimum Gasteiger partial charge on any atom is -0.381 e. The Bertz CT molecular complexity index is 582. The lowest BCUT2D eigenvalue weighted by molar-refractivity contribution is 0.403. The summed E-state index contributed by atoms with van der Waals surface area (Å²) >= 11 is 0. The van der Waals surface area contributed by atoms with Crippen molar-refractivity contribution >= 4 is 5.69 Å². The third-order valence-corrected chi connectivity index (χ3v) is 2.97. The van der Waals surface area contributed by atoms with Crippen LogP contribution in [0.15, 0.2) is 42.5 Å². The molecular formula is C16H18F2N2. The summed E-state index contributed by atoms with van der Waals surface area (Å²) in [6.07, 6.45) is 0. The molecule has 2 nitrogen and oxygen atoms in total. The fraction of sp³-hybridized carbons (Fsp3) is 0.250. The molecule has 0 atom stereocenters. The quantitative estimate of drug-likeness (QED) is 0.897. The summed E-state index contributed by atoms with van der Waals surface area (Å²) in [7, 11) is 4.01. The summed E-state index contributed by atoms with van der Waals surface area (Å²) in [5, 5.41) is 3.27. The number of para-hydroxylation sites is 1. The van der Waals surface area contributed by atoms with Crippen molar-refractivity contribution in [2.75, 3.05) is 19.4 Å². The third-order valence-electron chi connectivity index (χ3n) is 2.97. The number of rotatable bonds is 5. The van der Waals surface area contributed by atoms with E-state index in [1.165, 1.54) is 11.6 Å². The van der Waals surface area contributed by atoms with E-state index in [2.05, 4.69) is 10.2 Å². The first-order valence-electron chi connectivity index (χ1n) is 6.46. The molecule has 1 N–H and O–H groups in total. The predicted molar refractivity (Wildman–Crippen MR) is 77.5 cm³/mol. The van der Waals surface area contributed by atoms with Gasteiger partial charge in [-0.05, 0) is 43.4 Å². The summed E-state index contributed by atoms with van der Waals surface area (Å²) < 4.78 is 26.0. The lowest BCUT2D eigenvalue weighted by Crippen LogP contribution is -2.13. The normalized spacial score (nSPS) is 10.8. The van der Waals surface area contributed by atoms with Gasteiger partial charge in [-0.3, -0.25) is 0 Å². The molecule has 0 aliphatic heterocycles. The van der Waals surface area contributed by atoms with Gasteiger partial charge in [0.2, 0.25) is 0 Å². The molecule has 0 aliphatic rings. The van der Waals surface area contributed by atoms with E-state index in [1.807, 2.05) is 38.4 Å². The van der Waals surface area contributed by atoms with Gasteiger partial charge in [0.1, 0.15) is 0 Å². The summed E-state index contributed by atoms with van der Waals surface area (Å²) in [5.41, 5.74) is 2.88. The Labute approximate surface area is 118 Å². The summed E-state index contributed by atoms with van der Waals surface area (Å²) in [5.74, 6) is -1.63. The molecule has 0 heterocycles. The molecular weight excluding hydrogens is 258 g/mol. The fourth-order valence-corrected chi connectivity index (χ4v) is 2.02. The Morgan fingerprint density at radius 3 is 2.45 bits per heavy atom. The van der Waals surface area contributed by atoms with E-state index in [9.17, 15) is 8.78 Å². The minimum atomic E-state index is -0.818. The molecule has 4 heteroatoms. The zero-order chi connectivity index (χ0) is 14.5. The van der Waals surface area contributed by atoms with Gasteiger partial charge in [-0.25, -0.2) is 8.78 Å². The van der Waals surface area contributed by atoms with Gasteiger partial charge >= 0.3 is 0 Å². The van der Waals surface area contributed by atoms with Crippen molar-refractivity contribution in [1.29, 1.82) is 0 Å². The lowest BCUT2D eigenvalue weighted by atomic mass is 10.1. The topological polar surface area (TPSA) is 15.3 Å². The van der Waals surface area contributed by atoms with E-state index in [1.54, 1.807) is 6.07 Å². The SMILES string of the molecule is CN(C)Cc1ccccc1NCc1ccc(F)c(F)c1. The second-order valence-electron chi connectivity index (χ2n) is 5.00. The first-order valence-corrected chi connectivity index (χ1v) is 6.46. The second kappa shape index (κ2) is 6.48. The van der Waals surface area contributed by atoms with Gasteiger partial charge in [-0.15, -0.1) is 0 Å². The molecule has 0 fully saturated rings. The van der Waals surface area contributed by atoms with Gasteiger partial charge in [-0.2, -0.15) is 0 Å². The van der Waals surface area contributed by atoms with E-state index >= 15 is 0 Å². The smallest absolute Gasteiger partial charge is 0.159 e. The maximum atomic E-state index is 13.1. The molecule has 0 amide bonds. The van der Waals surface area contributed by atoms with Crippen LogP contribution in [0.2, 0.25) is 0 Å². The third kappa shape index (κ3) is 3.78. The molecule has 0 saturated heterocycles. The summed E-state index contributed by atoms with van der Waals surface area (Å²) in [4.78, 5) is 2.08. The Kier molecular flexibility index (Phi) is 4.69. The number of nitrogens with one attached hydrogen (secondary N) is 1. The van der Waals surface area contributed by atoms with Crippen LogP contribution in [0.1, 0.15) is 11.1 Å². The van der Waals surface area contributed by atoms with E-state index in [0.29, 0.717) is 12.1 Å². The van der Waals surface area contributed by atoms with Crippen LogP contribution in [-0.4, -0.2) is 19.0 Å². The molecule has 0 aromatic heterocycles. The minimum absolute atomic E-state index is 0.460. The average Bonchev–Trinajstić information content (AvgIpc) is 2.41. The number of nitrogens with zero attached hydrogens (tertiary/aromatic N) is 1. The number of benzene rings is 2. The molecule has 2 aromatic rings. The van der Waals surface area contributed by atoms with E-state index in [0.717, 1.165) is 18.3 Å². The van der Waals surface area contributed by atoms with Crippen molar-refractivity contribution < 1.29 is 8.78 Å². The molecule has 20 heavy (non-hydrogen) atoms. The van der Waals surface area contributed by atoms with Crippen LogP contribution >= 0.6 is 0 Å². The molecule has 0 unspecified atom stereocenters. The van der Waals surface area contributed by atoms with Gasteiger partial charge in [-0.1, -0.05) is 24.3 Å². The van der Waals surface area contributed by atoms with E-state index in [4.69, 9.17) is 0 Å². The van der Waals surface area contributed by atoms with Crippen molar-refractivity contribution in [1.82, 2.24) is 4.90 Å². The van der Waals surface area contributed by atoms with Crippen molar-refractivity contribution in [3.63, 3.8) is 0 Å². The number of anilines is 1. The summed E-state index contributed by atoms with van der Waals surface area (Å²) in [6, 6.07) is 11.9. The second-order valence-corrected chi connectivity index (χ2v) is 5.00. The average molecular weight is 276 g/mol. The van der Waals surface area contributed by atoms with E-state index in [-0.39, 0.29) is 0 Å². The summed E-state index contributed by atoms with van der Waals surface area (Å²) in [6.45, 7) is 1.28. The molecule has 106 valence electrons. The van der Waals surface area contributed by atoms with Gasteiger partial charge in [0.05, 0.1) is 0 Å². The Morgan fingerprint density at radius 1 is 1.00 bits per heavy atom. The molecule has 0 aliphatic carbocycles. The zero-order valence-electron chi connectivity index (χ0n) is 11.7.